The molecule has 1 aromatic carbocycles. The molecule has 2 rings (SSSR count). The van der Waals surface area contributed by atoms with Gasteiger partial charge in [-0.1, -0.05) is 0 Å². The summed E-state index contributed by atoms with van der Waals surface area (Å²) in [6, 6.07) is 2.54. The Labute approximate surface area is 161 Å². The Morgan fingerprint density at radius 3 is 2.61 bits per heavy atom. The van der Waals surface area contributed by atoms with Crippen LogP contribution in [0.3, 0.4) is 0 Å². The average molecular weight is 397 g/mol. The van der Waals surface area contributed by atoms with E-state index >= 15 is 0 Å². The molecule has 10 heteroatoms. The van der Waals surface area contributed by atoms with Crippen LogP contribution < -0.4 is 5.32 Å². The topological polar surface area (TPSA) is 111 Å². The molecular weight excluding hydrogens is 373 g/mol. The van der Waals surface area contributed by atoms with Crippen molar-refractivity contribution in [3.63, 3.8) is 0 Å². The number of hydrogen-bond donors (Lipinski definition) is 1. The maximum absolute atomic E-state index is 13.6. The Hall–Kier alpha value is -2.91. The number of benzene rings is 1. The second-order valence-corrected chi connectivity index (χ2v) is 7.53. The lowest BCUT2D eigenvalue weighted by Crippen LogP contribution is -2.54. The van der Waals surface area contributed by atoms with Gasteiger partial charge in [0.05, 0.1) is 17.5 Å². The normalized spacial score (nSPS) is 19.7. The monoisotopic (exact) mass is 397 g/mol. The molecular formula is C18H24FN3O6. The molecule has 0 radical (unpaired) electrons. The Morgan fingerprint density at radius 2 is 2.04 bits per heavy atom. The summed E-state index contributed by atoms with van der Waals surface area (Å²) in [6.45, 7) is 6.79. The van der Waals surface area contributed by atoms with Gasteiger partial charge >= 0.3 is 12.1 Å². The molecule has 0 bridgehead atoms. The van der Waals surface area contributed by atoms with Gasteiger partial charge in [-0.3, -0.25) is 14.9 Å². The van der Waals surface area contributed by atoms with E-state index in [1.807, 2.05) is 0 Å². The minimum Gasteiger partial charge on any atom is -0.458 e. The van der Waals surface area contributed by atoms with E-state index in [2.05, 4.69) is 5.32 Å². The van der Waals surface area contributed by atoms with E-state index < -0.39 is 40.5 Å². The minimum atomic E-state index is -0.776. The summed E-state index contributed by atoms with van der Waals surface area (Å²) >= 11 is 0. The van der Waals surface area contributed by atoms with Crippen molar-refractivity contribution in [3.05, 3.63) is 34.1 Å². The Bertz CT molecular complexity index is 764. The number of esters is 1. The van der Waals surface area contributed by atoms with Crippen molar-refractivity contribution in [3.8, 4) is 0 Å². The molecule has 1 fully saturated rings. The number of halogens is 1. The first-order chi connectivity index (χ1) is 13.0. The SMILES string of the molecule is CC(=O)O[C@H]1CN(C(=O)OC(C)(C)C)CC[C@@H]1Nc1cc(F)ccc1[N+](=O)[O-]. The van der Waals surface area contributed by atoms with Gasteiger partial charge in [-0.2, -0.15) is 0 Å². The number of nitrogens with zero attached hydrogens (tertiary/aromatic N) is 2. The quantitative estimate of drug-likeness (QED) is 0.472. The summed E-state index contributed by atoms with van der Waals surface area (Å²) in [5.41, 5.74) is -0.985. The minimum absolute atomic E-state index is 0.0159. The summed E-state index contributed by atoms with van der Waals surface area (Å²) in [5, 5.41) is 14.1. The van der Waals surface area contributed by atoms with Crippen molar-refractivity contribution < 1.29 is 28.4 Å². The highest BCUT2D eigenvalue weighted by atomic mass is 19.1. The number of piperidine rings is 1. The molecule has 0 aromatic heterocycles. The summed E-state index contributed by atoms with van der Waals surface area (Å²) in [4.78, 5) is 35.8. The molecule has 2 atom stereocenters. The van der Waals surface area contributed by atoms with Crippen molar-refractivity contribution in [2.24, 2.45) is 0 Å². The first-order valence-corrected chi connectivity index (χ1v) is 8.82. The van der Waals surface area contributed by atoms with Crippen molar-refractivity contribution in [1.29, 1.82) is 0 Å². The van der Waals surface area contributed by atoms with Crippen LogP contribution in [-0.4, -0.2) is 52.7 Å². The second-order valence-electron chi connectivity index (χ2n) is 7.53. The molecule has 28 heavy (non-hydrogen) atoms. The van der Waals surface area contributed by atoms with Gasteiger partial charge in [0.2, 0.25) is 0 Å². The number of rotatable bonds is 4. The smallest absolute Gasteiger partial charge is 0.410 e. The third-order valence-electron chi connectivity index (χ3n) is 4.02. The zero-order valence-corrected chi connectivity index (χ0v) is 16.2. The third kappa shape index (κ3) is 5.80. The molecule has 1 saturated heterocycles. The molecule has 1 amide bonds. The lowest BCUT2D eigenvalue weighted by molar-refractivity contribution is -0.384. The predicted octanol–water partition coefficient (Wildman–Crippen LogP) is 3.09. The van der Waals surface area contributed by atoms with Crippen LogP contribution in [0.1, 0.15) is 34.1 Å². The lowest BCUT2D eigenvalue weighted by atomic mass is 10.0. The van der Waals surface area contributed by atoms with Crippen LogP contribution in [0.5, 0.6) is 0 Å². The van der Waals surface area contributed by atoms with Crippen LogP contribution in [0.4, 0.5) is 20.6 Å². The maximum atomic E-state index is 13.6. The average Bonchev–Trinajstić information content (AvgIpc) is 2.54. The molecule has 1 N–H and O–H groups in total. The van der Waals surface area contributed by atoms with Gasteiger partial charge in [0, 0.05) is 25.6 Å². The zero-order chi connectivity index (χ0) is 21.1. The van der Waals surface area contributed by atoms with Crippen molar-refractivity contribution in [2.45, 2.75) is 51.9 Å². The van der Waals surface area contributed by atoms with E-state index in [0.29, 0.717) is 6.42 Å². The number of nitrogens with one attached hydrogen (secondary N) is 1. The fourth-order valence-corrected chi connectivity index (χ4v) is 2.89. The molecule has 1 aliphatic rings. The zero-order valence-electron chi connectivity index (χ0n) is 16.2. The number of amides is 1. The van der Waals surface area contributed by atoms with Crippen molar-refractivity contribution >= 4 is 23.4 Å². The number of carbonyl (C=O) groups excluding carboxylic acids is 2. The Morgan fingerprint density at radius 1 is 1.36 bits per heavy atom. The Kier molecular flexibility index (Phi) is 6.42. The van der Waals surface area contributed by atoms with E-state index in [1.165, 1.54) is 11.8 Å². The summed E-state index contributed by atoms with van der Waals surface area (Å²) in [5.74, 6) is -1.19. The van der Waals surface area contributed by atoms with Gasteiger partial charge in [0.25, 0.3) is 5.69 Å². The van der Waals surface area contributed by atoms with E-state index in [-0.39, 0.29) is 24.5 Å². The molecule has 0 spiro atoms. The highest BCUT2D eigenvalue weighted by Gasteiger charge is 2.36. The van der Waals surface area contributed by atoms with Crippen LogP contribution in [-0.2, 0) is 14.3 Å². The van der Waals surface area contributed by atoms with Crippen LogP contribution in [0, 0.1) is 15.9 Å². The number of hydrogen-bond acceptors (Lipinski definition) is 7. The fourth-order valence-electron chi connectivity index (χ4n) is 2.89. The largest absolute Gasteiger partial charge is 0.458 e. The number of anilines is 1. The fraction of sp³-hybridized carbons (Fsp3) is 0.556. The molecule has 1 aromatic rings. The van der Waals surface area contributed by atoms with Crippen molar-refractivity contribution in [2.75, 3.05) is 18.4 Å². The van der Waals surface area contributed by atoms with Gasteiger partial charge in [-0.15, -0.1) is 0 Å². The third-order valence-corrected chi connectivity index (χ3v) is 4.02. The Balaban J connectivity index is 2.19. The standard InChI is InChI=1S/C18H24FN3O6/c1-11(23)27-16-10-21(17(24)28-18(2,3)4)8-7-13(16)20-14-9-12(19)5-6-15(14)22(25)26/h5-6,9,13,16,20H,7-8,10H2,1-4H3/t13-,16-/m0/s1. The number of nitro benzene ring substituents is 1. The number of carbonyl (C=O) groups is 2. The van der Waals surface area contributed by atoms with Gasteiger partial charge < -0.3 is 19.7 Å². The van der Waals surface area contributed by atoms with E-state index in [4.69, 9.17) is 9.47 Å². The molecule has 154 valence electrons. The van der Waals surface area contributed by atoms with Crippen LogP contribution in [0.2, 0.25) is 0 Å². The van der Waals surface area contributed by atoms with Crippen LogP contribution >= 0.6 is 0 Å². The van der Waals surface area contributed by atoms with Gasteiger partial charge in [0.1, 0.15) is 23.2 Å². The van der Waals surface area contributed by atoms with Gasteiger partial charge in [0.15, 0.2) is 0 Å². The second kappa shape index (κ2) is 8.41. The lowest BCUT2D eigenvalue weighted by Gasteiger charge is -2.38. The molecule has 0 unspecified atom stereocenters. The van der Waals surface area contributed by atoms with Crippen molar-refractivity contribution in [1.82, 2.24) is 4.90 Å². The van der Waals surface area contributed by atoms with E-state index in [1.54, 1.807) is 20.8 Å². The summed E-state index contributed by atoms with van der Waals surface area (Å²) in [7, 11) is 0. The molecule has 9 nitrogen and oxygen atoms in total. The number of likely N-dealkylation sites (tertiary alicyclic amines) is 1. The molecule has 1 heterocycles. The summed E-state index contributed by atoms with van der Waals surface area (Å²) < 4.78 is 24.2. The van der Waals surface area contributed by atoms with Crippen LogP contribution in [0.15, 0.2) is 18.2 Å². The van der Waals surface area contributed by atoms with Gasteiger partial charge in [-0.25, -0.2) is 9.18 Å². The maximum Gasteiger partial charge on any atom is 0.410 e. The molecule has 1 aliphatic heterocycles. The molecule has 0 saturated carbocycles. The highest BCUT2D eigenvalue weighted by molar-refractivity contribution is 5.69. The van der Waals surface area contributed by atoms with Gasteiger partial charge in [-0.05, 0) is 33.3 Å². The first kappa shape index (κ1) is 21.4. The highest BCUT2D eigenvalue weighted by Crippen LogP contribution is 2.28. The number of nitro groups is 1. The predicted molar refractivity (Wildman–Crippen MR) is 98.4 cm³/mol. The number of ether oxygens (including phenoxy) is 2. The van der Waals surface area contributed by atoms with Crippen LogP contribution in [0.25, 0.3) is 0 Å². The summed E-state index contributed by atoms with van der Waals surface area (Å²) in [6.07, 6.45) is -0.994. The van der Waals surface area contributed by atoms with E-state index in [0.717, 1.165) is 18.2 Å². The first-order valence-electron chi connectivity index (χ1n) is 8.82. The molecule has 0 aliphatic carbocycles. The van der Waals surface area contributed by atoms with E-state index in [9.17, 15) is 24.1 Å².